The molecule has 0 spiro atoms. The summed E-state index contributed by atoms with van der Waals surface area (Å²) in [5.41, 5.74) is 1.44. The Balaban J connectivity index is 1.93. The molecule has 0 aliphatic rings. The van der Waals surface area contributed by atoms with Crippen molar-refractivity contribution in [1.29, 1.82) is 0 Å². The number of carbonyl (C=O) groups is 1. The molecule has 2 heterocycles. The van der Waals surface area contributed by atoms with Gasteiger partial charge in [0.1, 0.15) is 5.82 Å². The highest BCUT2D eigenvalue weighted by Gasteiger charge is 2.13. The molecule has 2 aromatic heterocycles. The largest absolute Gasteiger partial charge is 0.307 e. The molecule has 1 aromatic carbocycles. The molecule has 0 aliphatic heterocycles. The highest BCUT2D eigenvalue weighted by atomic mass is 79.9. The van der Waals surface area contributed by atoms with Crippen LogP contribution in [0.5, 0.6) is 0 Å². The van der Waals surface area contributed by atoms with Crippen LogP contribution in [0.1, 0.15) is 10.4 Å². The Kier molecular flexibility index (Phi) is 5.60. The van der Waals surface area contributed by atoms with Gasteiger partial charge in [0.25, 0.3) is 5.91 Å². The summed E-state index contributed by atoms with van der Waals surface area (Å²) in [6.07, 6.45) is 3.54. The third kappa shape index (κ3) is 4.41. The molecule has 1 amide bonds. The highest BCUT2D eigenvalue weighted by molar-refractivity contribution is 9.10. The number of halogens is 2. The second-order valence-electron chi connectivity index (χ2n) is 4.90. The van der Waals surface area contributed by atoms with E-state index in [1.165, 1.54) is 0 Å². The van der Waals surface area contributed by atoms with Gasteiger partial charge in [0, 0.05) is 25.6 Å². The summed E-state index contributed by atoms with van der Waals surface area (Å²) >= 11 is 8.34. The van der Waals surface area contributed by atoms with Gasteiger partial charge in [0.2, 0.25) is 0 Å². The fourth-order valence-corrected chi connectivity index (χ4v) is 3.21. The maximum Gasteiger partial charge on any atom is 0.257 e. The molecule has 3 nitrogen and oxygen atoms in total. The Morgan fingerprint density at radius 1 is 1.04 bits per heavy atom. The lowest BCUT2D eigenvalue weighted by atomic mass is 10.0. The van der Waals surface area contributed by atoms with Gasteiger partial charge in [-0.15, -0.1) is 11.3 Å². The van der Waals surface area contributed by atoms with Crippen LogP contribution in [0.2, 0.25) is 0 Å². The van der Waals surface area contributed by atoms with E-state index in [9.17, 15) is 4.79 Å². The first-order chi connectivity index (χ1) is 11.6. The van der Waals surface area contributed by atoms with Crippen LogP contribution in [0.3, 0.4) is 0 Å². The monoisotopic (exact) mass is 462 g/mol. The molecule has 0 saturated heterocycles. The lowest BCUT2D eigenvalue weighted by Crippen LogP contribution is -2.14. The van der Waals surface area contributed by atoms with Gasteiger partial charge in [-0.2, -0.15) is 0 Å². The summed E-state index contributed by atoms with van der Waals surface area (Å²) in [6, 6.07) is 15.2. The van der Waals surface area contributed by atoms with Gasteiger partial charge in [0.15, 0.2) is 0 Å². The van der Waals surface area contributed by atoms with E-state index in [0.717, 1.165) is 19.4 Å². The Morgan fingerprint density at radius 2 is 1.79 bits per heavy atom. The van der Waals surface area contributed by atoms with E-state index < -0.39 is 0 Å². The summed E-state index contributed by atoms with van der Waals surface area (Å²) in [5, 5.41) is 4.83. The fraction of sp³-hybridized carbons (Fsp3) is 0. The summed E-state index contributed by atoms with van der Waals surface area (Å²) in [4.78, 5) is 18.0. The average Bonchev–Trinajstić information content (AvgIpc) is 3.09. The molecule has 0 fully saturated rings. The van der Waals surface area contributed by atoms with Gasteiger partial charge in [-0.05, 0) is 63.3 Å². The Morgan fingerprint density at radius 3 is 2.42 bits per heavy atom. The van der Waals surface area contributed by atoms with Crippen LogP contribution < -0.4 is 5.32 Å². The van der Waals surface area contributed by atoms with Crippen molar-refractivity contribution >= 4 is 66.6 Å². The van der Waals surface area contributed by atoms with E-state index >= 15 is 0 Å². The van der Waals surface area contributed by atoms with Crippen LogP contribution in [0, 0.1) is 0 Å². The predicted molar refractivity (Wildman–Crippen MR) is 107 cm³/mol. The number of anilines is 1. The third-order valence-corrected chi connectivity index (χ3v) is 5.02. The average molecular weight is 464 g/mol. The van der Waals surface area contributed by atoms with Gasteiger partial charge in [0.05, 0.1) is 0 Å². The first-order valence-electron chi connectivity index (χ1n) is 7.06. The molecule has 0 radical (unpaired) electrons. The van der Waals surface area contributed by atoms with E-state index in [0.29, 0.717) is 11.4 Å². The first kappa shape index (κ1) is 17.1. The van der Waals surface area contributed by atoms with Crippen molar-refractivity contribution in [2.45, 2.75) is 0 Å². The molecular formula is C18H12Br2N2OS. The Bertz CT molecular complexity index is 857. The van der Waals surface area contributed by atoms with Gasteiger partial charge >= 0.3 is 0 Å². The number of carbonyl (C=O) groups excluding carboxylic acids is 1. The van der Waals surface area contributed by atoms with Crippen molar-refractivity contribution in [3.8, 4) is 0 Å². The molecular weight excluding hydrogens is 452 g/mol. The molecule has 3 rings (SSSR count). The molecule has 0 aliphatic carbocycles. The van der Waals surface area contributed by atoms with Crippen molar-refractivity contribution in [3.63, 3.8) is 0 Å². The van der Waals surface area contributed by atoms with Crippen LogP contribution in [-0.4, -0.2) is 10.9 Å². The molecule has 120 valence electrons. The molecule has 0 atom stereocenters. The molecule has 3 aromatic rings. The number of nitrogens with zero attached hydrogens (tertiary/aromatic N) is 1. The van der Waals surface area contributed by atoms with Crippen LogP contribution >= 0.6 is 43.2 Å². The lowest BCUT2D eigenvalue weighted by Gasteiger charge is -2.09. The third-order valence-electron chi connectivity index (χ3n) is 3.20. The van der Waals surface area contributed by atoms with Gasteiger partial charge in [-0.3, -0.25) is 4.79 Å². The second-order valence-corrected chi connectivity index (χ2v) is 7.71. The van der Waals surface area contributed by atoms with Crippen molar-refractivity contribution in [3.05, 3.63) is 79.5 Å². The summed E-state index contributed by atoms with van der Waals surface area (Å²) in [7, 11) is 0. The zero-order valence-electron chi connectivity index (χ0n) is 12.4. The van der Waals surface area contributed by atoms with E-state index in [1.807, 2.05) is 53.9 Å². The minimum Gasteiger partial charge on any atom is -0.307 e. The fourth-order valence-electron chi connectivity index (χ4n) is 2.06. The summed E-state index contributed by atoms with van der Waals surface area (Å²) in [5.74, 6) is 0.318. The van der Waals surface area contributed by atoms with Gasteiger partial charge < -0.3 is 5.32 Å². The zero-order valence-corrected chi connectivity index (χ0v) is 16.4. The van der Waals surface area contributed by atoms with Crippen LogP contribution in [-0.2, 0) is 4.79 Å². The highest BCUT2D eigenvalue weighted by Crippen LogP contribution is 2.24. The minimum atomic E-state index is -0.194. The number of pyridine rings is 1. The quantitative estimate of drug-likeness (QED) is 0.493. The minimum absolute atomic E-state index is 0.194. The van der Waals surface area contributed by atoms with Crippen molar-refractivity contribution in [2.75, 3.05) is 5.32 Å². The maximum absolute atomic E-state index is 12.8. The molecule has 0 bridgehead atoms. The van der Waals surface area contributed by atoms with E-state index in [-0.39, 0.29) is 5.91 Å². The van der Waals surface area contributed by atoms with Crippen LogP contribution in [0.4, 0.5) is 5.82 Å². The lowest BCUT2D eigenvalue weighted by molar-refractivity contribution is -0.111. The number of hydrogen-bond donors (Lipinski definition) is 1. The molecule has 0 saturated carbocycles. The first-order valence-corrected chi connectivity index (χ1v) is 9.52. The number of aromatic nitrogens is 1. The normalized spacial score (nSPS) is 11.3. The summed E-state index contributed by atoms with van der Waals surface area (Å²) in [6.45, 7) is 0. The van der Waals surface area contributed by atoms with Crippen LogP contribution in [0.25, 0.3) is 11.6 Å². The van der Waals surface area contributed by atoms with Gasteiger partial charge in [-0.1, -0.05) is 34.1 Å². The SMILES string of the molecule is O=C(Nc1ccc(Br)cn1)/C(=C/c1cccs1)c1ccc(Br)cc1. The number of benzene rings is 1. The van der Waals surface area contributed by atoms with Crippen LogP contribution in [0.15, 0.2) is 69.1 Å². The number of rotatable bonds is 4. The second kappa shape index (κ2) is 7.88. The summed E-state index contributed by atoms with van der Waals surface area (Å²) < 4.78 is 1.83. The Hall–Kier alpha value is -1.76. The molecule has 1 N–H and O–H groups in total. The number of nitrogens with one attached hydrogen (secondary N) is 1. The molecule has 6 heteroatoms. The van der Waals surface area contributed by atoms with Crippen molar-refractivity contribution in [1.82, 2.24) is 4.98 Å². The van der Waals surface area contributed by atoms with E-state index in [1.54, 1.807) is 23.6 Å². The number of amides is 1. The van der Waals surface area contributed by atoms with Gasteiger partial charge in [-0.25, -0.2) is 4.98 Å². The smallest absolute Gasteiger partial charge is 0.257 e. The number of hydrogen-bond acceptors (Lipinski definition) is 3. The van der Waals surface area contributed by atoms with E-state index in [2.05, 4.69) is 42.2 Å². The number of thiophene rings is 1. The predicted octanol–water partition coefficient (Wildman–Crippen LogP) is 5.85. The van der Waals surface area contributed by atoms with Crippen molar-refractivity contribution < 1.29 is 4.79 Å². The maximum atomic E-state index is 12.8. The molecule has 24 heavy (non-hydrogen) atoms. The molecule has 0 unspecified atom stereocenters. The zero-order chi connectivity index (χ0) is 16.9. The Labute approximate surface area is 160 Å². The standard InChI is InChI=1S/C18H12Br2N2OS/c19-13-5-3-12(4-6-13)16(10-15-2-1-9-24-15)18(23)22-17-8-7-14(20)11-21-17/h1-11H,(H,21,22,23)/b16-10+. The van der Waals surface area contributed by atoms with Crippen molar-refractivity contribution in [2.24, 2.45) is 0 Å². The van der Waals surface area contributed by atoms with E-state index in [4.69, 9.17) is 0 Å². The topological polar surface area (TPSA) is 42.0 Å².